The molecule has 0 heterocycles. The summed E-state index contributed by atoms with van der Waals surface area (Å²) >= 11 is 1.34. The van der Waals surface area contributed by atoms with Crippen molar-refractivity contribution >= 4 is 23.5 Å². The predicted octanol–water partition coefficient (Wildman–Crippen LogP) is 5.45. The molecular weight excluding hydrogens is 359 g/mol. The average Bonchev–Trinajstić information content (AvgIpc) is 2.67. The zero-order chi connectivity index (χ0) is 19.9. The predicted molar refractivity (Wildman–Crippen MR) is 113 cm³/mol. The van der Waals surface area contributed by atoms with Crippen LogP contribution in [0.3, 0.4) is 0 Å². The van der Waals surface area contributed by atoms with Crippen LogP contribution in [-0.4, -0.2) is 12.2 Å². The Morgan fingerprint density at radius 2 is 1.78 bits per heavy atom. The molecule has 0 radical (unpaired) electrons. The van der Waals surface area contributed by atoms with Crippen molar-refractivity contribution in [2.75, 3.05) is 11.0 Å². The molecule has 2 aromatic carbocycles. The first kappa shape index (κ1) is 21.3. The summed E-state index contributed by atoms with van der Waals surface area (Å²) in [6.45, 7) is 7.00. The van der Waals surface area contributed by atoms with Crippen LogP contribution in [0.2, 0.25) is 0 Å². The first-order chi connectivity index (χ1) is 12.9. The third-order valence-corrected chi connectivity index (χ3v) is 5.42. The third kappa shape index (κ3) is 6.28. The van der Waals surface area contributed by atoms with E-state index < -0.39 is 0 Å². The lowest BCUT2D eigenvalue weighted by Gasteiger charge is -2.23. The monoisotopic (exact) mass is 388 g/mol. The number of hydrogen-bond donors (Lipinski definition) is 2. The van der Waals surface area contributed by atoms with Gasteiger partial charge in [0.1, 0.15) is 5.82 Å². The molecule has 1 amide bonds. The van der Waals surface area contributed by atoms with E-state index in [0.717, 1.165) is 17.5 Å². The molecule has 0 saturated carbocycles. The Labute approximate surface area is 166 Å². The largest absolute Gasteiger partial charge is 0.352 e. The van der Waals surface area contributed by atoms with Crippen molar-refractivity contribution in [3.05, 3.63) is 65.0 Å². The van der Waals surface area contributed by atoms with Gasteiger partial charge in [-0.05, 0) is 47.1 Å². The number of nitrogens with one attached hydrogen (secondary N) is 2. The molecule has 0 atom stereocenters. The molecule has 3 nitrogen and oxygen atoms in total. The van der Waals surface area contributed by atoms with Gasteiger partial charge in [-0.2, -0.15) is 0 Å². The van der Waals surface area contributed by atoms with Gasteiger partial charge in [-0.15, -0.1) is 0 Å². The van der Waals surface area contributed by atoms with Crippen LogP contribution in [0.1, 0.15) is 50.3 Å². The summed E-state index contributed by atoms with van der Waals surface area (Å²) in [6.07, 6.45) is 4.05. The number of halogens is 1. The molecule has 27 heavy (non-hydrogen) atoms. The Morgan fingerprint density at radius 3 is 2.37 bits per heavy atom. The maximum Gasteiger partial charge on any atom is 0.220 e. The van der Waals surface area contributed by atoms with Gasteiger partial charge in [0.05, 0.1) is 5.69 Å². The van der Waals surface area contributed by atoms with E-state index in [1.165, 1.54) is 23.6 Å². The SMILES string of the molecule is CCC(C)(C)c1ccc(CCC(=O)NCc2ccc(NSC)c(F)c2)cc1. The summed E-state index contributed by atoms with van der Waals surface area (Å²) in [5.41, 5.74) is 3.84. The van der Waals surface area contributed by atoms with E-state index >= 15 is 0 Å². The zero-order valence-electron chi connectivity index (χ0n) is 16.6. The number of anilines is 1. The fourth-order valence-electron chi connectivity index (χ4n) is 2.73. The van der Waals surface area contributed by atoms with E-state index in [1.807, 2.05) is 12.3 Å². The molecule has 146 valence electrons. The van der Waals surface area contributed by atoms with Crippen molar-refractivity contribution in [2.24, 2.45) is 0 Å². The van der Waals surface area contributed by atoms with Gasteiger partial charge in [-0.25, -0.2) is 4.39 Å². The van der Waals surface area contributed by atoms with E-state index in [4.69, 9.17) is 0 Å². The average molecular weight is 389 g/mol. The van der Waals surface area contributed by atoms with Crippen molar-refractivity contribution in [3.8, 4) is 0 Å². The Kier molecular flexibility index (Phi) is 7.72. The van der Waals surface area contributed by atoms with Crippen LogP contribution in [0.5, 0.6) is 0 Å². The van der Waals surface area contributed by atoms with Gasteiger partial charge < -0.3 is 10.0 Å². The highest BCUT2D eigenvalue weighted by Crippen LogP contribution is 2.26. The van der Waals surface area contributed by atoms with Crippen molar-refractivity contribution in [1.29, 1.82) is 0 Å². The fourth-order valence-corrected chi connectivity index (χ4v) is 3.12. The Bertz CT molecular complexity index is 759. The minimum absolute atomic E-state index is 0.0281. The second kappa shape index (κ2) is 9.79. The molecule has 2 rings (SSSR count). The van der Waals surface area contributed by atoms with Gasteiger partial charge in [-0.1, -0.05) is 63.1 Å². The quantitative estimate of drug-likeness (QED) is 0.561. The Hall–Kier alpha value is -2.01. The van der Waals surface area contributed by atoms with E-state index in [1.54, 1.807) is 6.07 Å². The molecule has 0 aliphatic heterocycles. The lowest BCUT2D eigenvalue weighted by atomic mass is 9.82. The highest BCUT2D eigenvalue weighted by Gasteiger charge is 2.17. The van der Waals surface area contributed by atoms with Crippen molar-refractivity contribution in [2.45, 2.75) is 52.0 Å². The lowest BCUT2D eigenvalue weighted by Crippen LogP contribution is -2.23. The summed E-state index contributed by atoms with van der Waals surface area (Å²) in [5, 5.41) is 2.86. The summed E-state index contributed by atoms with van der Waals surface area (Å²) < 4.78 is 16.8. The molecule has 0 unspecified atom stereocenters. The zero-order valence-corrected chi connectivity index (χ0v) is 17.4. The molecule has 2 aromatic rings. The van der Waals surface area contributed by atoms with Gasteiger partial charge in [-0.3, -0.25) is 4.79 Å². The number of carbonyl (C=O) groups is 1. The number of aryl methyl sites for hydroxylation is 1. The standard InChI is InChI=1S/C22H29FN2OS/c1-5-22(2,3)18-10-6-16(7-11-18)9-13-21(26)24-15-17-8-12-20(25-27-4)19(23)14-17/h6-8,10-12,14,25H,5,9,13,15H2,1-4H3,(H,24,26). The second-order valence-corrected chi connectivity index (χ2v) is 7.94. The number of rotatable bonds is 9. The van der Waals surface area contributed by atoms with Gasteiger partial charge >= 0.3 is 0 Å². The summed E-state index contributed by atoms with van der Waals surface area (Å²) in [6, 6.07) is 13.5. The highest BCUT2D eigenvalue weighted by atomic mass is 32.2. The van der Waals surface area contributed by atoms with Crippen LogP contribution in [0.15, 0.2) is 42.5 Å². The highest BCUT2D eigenvalue weighted by molar-refractivity contribution is 7.99. The molecule has 0 aliphatic rings. The normalized spacial score (nSPS) is 11.3. The first-order valence-corrected chi connectivity index (χ1v) is 10.5. The molecule has 0 saturated heterocycles. The molecule has 0 spiro atoms. The molecule has 0 fully saturated rings. The van der Waals surface area contributed by atoms with Crippen LogP contribution in [-0.2, 0) is 23.2 Å². The van der Waals surface area contributed by atoms with Crippen LogP contribution >= 0.6 is 11.9 Å². The van der Waals surface area contributed by atoms with Crippen LogP contribution in [0, 0.1) is 5.82 Å². The van der Waals surface area contributed by atoms with Gasteiger partial charge in [0.25, 0.3) is 0 Å². The third-order valence-electron chi connectivity index (χ3n) is 5.00. The molecule has 0 aromatic heterocycles. The second-order valence-electron chi connectivity index (χ2n) is 7.33. The summed E-state index contributed by atoms with van der Waals surface area (Å²) in [5.74, 6) is -0.342. The maximum absolute atomic E-state index is 13.9. The summed E-state index contributed by atoms with van der Waals surface area (Å²) in [7, 11) is 0. The minimum atomic E-state index is -0.314. The first-order valence-electron chi connectivity index (χ1n) is 9.29. The minimum Gasteiger partial charge on any atom is -0.352 e. The molecule has 0 aliphatic carbocycles. The molecular formula is C22H29FN2OS. The van der Waals surface area contributed by atoms with Crippen LogP contribution in [0.4, 0.5) is 10.1 Å². The van der Waals surface area contributed by atoms with Crippen LogP contribution < -0.4 is 10.0 Å². The fraction of sp³-hybridized carbons (Fsp3) is 0.409. The lowest BCUT2D eigenvalue weighted by molar-refractivity contribution is -0.121. The van der Waals surface area contributed by atoms with Gasteiger partial charge in [0.2, 0.25) is 5.91 Å². The molecule has 5 heteroatoms. The van der Waals surface area contributed by atoms with E-state index in [-0.39, 0.29) is 17.1 Å². The topological polar surface area (TPSA) is 41.1 Å². The number of carbonyl (C=O) groups excluding carboxylic acids is 1. The molecule has 0 bridgehead atoms. The number of amides is 1. The van der Waals surface area contributed by atoms with Gasteiger partial charge in [0.15, 0.2) is 0 Å². The van der Waals surface area contributed by atoms with E-state index in [0.29, 0.717) is 25.1 Å². The van der Waals surface area contributed by atoms with Crippen molar-refractivity contribution in [3.63, 3.8) is 0 Å². The number of hydrogen-bond acceptors (Lipinski definition) is 3. The van der Waals surface area contributed by atoms with E-state index in [2.05, 4.69) is 55.1 Å². The summed E-state index contributed by atoms with van der Waals surface area (Å²) in [4.78, 5) is 12.1. The van der Waals surface area contributed by atoms with Gasteiger partial charge in [0, 0.05) is 19.2 Å². The molecule has 2 N–H and O–H groups in total. The van der Waals surface area contributed by atoms with Crippen molar-refractivity contribution < 1.29 is 9.18 Å². The Balaban J connectivity index is 1.82. The van der Waals surface area contributed by atoms with Crippen LogP contribution in [0.25, 0.3) is 0 Å². The van der Waals surface area contributed by atoms with Crippen molar-refractivity contribution in [1.82, 2.24) is 5.32 Å². The van der Waals surface area contributed by atoms with E-state index in [9.17, 15) is 9.18 Å². The Morgan fingerprint density at radius 1 is 1.11 bits per heavy atom. The number of benzene rings is 2. The smallest absolute Gasteiger partial charge is 0.220 e. The maximum atomic E-state index is 13.9.